The van der Waals surface area contributed by atoms with Crippen LogP contribution in [0.15, 0.2) is 24.3 Å². The van der Waals surface area contributed by atoms with Gasteiger partial charge in [0.1, 0.15) is 0 Å². The first-order valence-electron chi connectivity index (χ1n) is 6.73. The standard InChI is InChI=1S/C15H24N2O2/c1-4-11(2)14(16)15(18)17-13-8-6-5-7-12(13)9-10-19-3/h5-8,11,14H,4,9-10,16H2,1-3H3,(H,17,18). The third-order valence-electron chi connectivity index (χ3n) is 3.41. The Bertz CT molecular complexity index is 407. The summed E-state index contributed by atoms with van der Waals surface area (Å²) in [5.74, 6) is 0.0466. The Morgan fingerprint density at radius 1 is 1.42 bits per heavy atom. The predicted molar refractivity (Wildman–Crippen MR) is 78.1 cm³/mol. The van der Waals surface area contributed by atoms with E-state index in [0.29, 0.717) is 6.61 Å². The molecule has 2 unspecified atom stereocenters. The molecule has 0 spiro atoms. The fraction of sp³-hybridized carbons (Fsp3) is 0.533. The molecule has 1 rings (SSSR count). The van der Waals surface area contributed by atoms with E-state index in [9.17, 15) is 4.79 Å². The van der Waals surface area contributed by atoms with Crippen molar-refractivity contribution in [3.8, 4) is 0 Å². The van der Waals surface area contributed by atoms with Gasteiger partial charge in [0, 0.05) is 12.8 Å². The van der Waals surface area contributed by atoms with Crippen molar-refractivity contribution in [2.24, 2.45) is 11.7 Å². The maximum Gasteiger partial charge on any atom is 0.241 e. The Morgan fingerprint density at radius 3 is 2.74 bits per heavy atom. The van der Waals surface area contributed by atoms with Crippen LogP contribution in [0.4, 0.5) is 5.69 Å². The van der Waals surface area contributed by atoms with Crippen molar-refractivity contribution in [3.63, 3.8) is 0 Å². The number of rotatable bonds is 7. The average molecular weight is 264 g/mol. The molecule has 0 aliphatic rings. The summed E-state index contributed by atoms with van der Waals surface area (Å²) in [5, 5.41) is 2.91. The van der Waals surface area contributed by atoms with Crippen LogP contribution in [0.25, 0.3) is 0 Å². The number of anilines is 1. The average Bonchev–Trinajstić information content (AvgIpc) is 2.44. The Morgan fingerprint density at radius 2 is 2.11 bits per heavy atom. The second-order valence-electron chi connectivity index (χ2n) is 4.80. The van der Waals surface area contributed by atoms with Gasteiger partial charge in [-0.3, -0.25) is 4.79 Å². The molecule has 0 saturated heterocycles. The van der Waals surface area contributed by atoms with Crippen molar-refractivity contribution in [1.29, 1.82) is 0 Å². The van der Waals surface area contributed by atoms with Crippen molar-refractivity contribution in [3.05, 3.63) is 29.8 Å². The lowest BCUT2D eigenvalue weighted by Gasteiger charge is -2.19. The van der Waals surface area contributed by atoms with Gasteiger partial charge < -0.3 is 15.8 Å². The van der Waals surface area contributed by atoms with Gasteiger partial charge in [-0.05, 0) is 24.0 Å². The number of para-hydroxylation sites is 1. The fourth-order valence-corrected chi connectivity index (χ4v) is 1.80. The summed E-state index contributed by atoms with van der Waals surface area (Å²) in [4.78, 5) is 12.1. The van der Waals surface area contributed by atoms with Crippen molar-refractivity contribution in [2.45, 2.75) is 32.7 Å². The molecule has 106 valence electrons. The predicted octanol–water partition coefficient (Wildman–Crippen LogP) is 2.19. The Labute approximate surface area is 115 Å². The SMILES string of the molecule is CCC(C)C(N)C(=O)Nc1ccccc1CCOC. The van der Waals surface area contributed by atoms with Gasteiger partial charge in [0.25, 0.3) is 0 Å². The summed E-state index contributed by atoms with van der Waals surface area (Å²) < 4.78 is 5.07. The maximum atomic E-state index is 12.1. The minimum absolute atomic E-state index is 0.126. The van der Waals surface area contributed by atoms with Crippen molar-refractivity contribution in [1.82, 2.24) is 0 Å². The van der Waals surface area contributed by atoms with Gasteiger partial charge in [-0.25, -0.2) is 0 Å². The Kier molecular flexibility index (Phi) is 6.53. The minimum Gasteiger partial charge on any atom is -0.384 e. The zero-order valence-corrected chi connectivity index (χ0v) is 12.0. The number of ether oxygens (including phenoxy) is 1. The molecular formula is C15H24N2O2. The molecule has 1 aromatic carbocycles. The third-order valence-corrected chi connectivity index (χ3v) is 3.41. The molecular weight excluding hydrogens is 240 g/mol. The van der Waals surface area contributed by atoms with E-state index in [0.717, 1.165) is 24.1 Å². The van der Waals surface area contributed by atoms with Gasteiger partial charge in [0.05, 0.1) is 12.6 Å². The first kappa shape index (κ1) is 15.7. The largest absolute Gasteiger partial charge is 0.384 e. The summed E-state index contributed by atoms with van der Waals surface area (Å²) in [5.41, 5.74) is 7.82. The van der Waals surface area contributed by atoms with Crippen molar-refractivity contribution >= 4 is 11.6 Å². The third kappa shape index (κ3) is 4.65. The number of amides is 1. The topological polar surface area (TPSA) is 64.4 Å². The molecule has 4 nitrogen and oxygen atoms in total. The summed E-state index contributed by atoms with van der Waals surface area (Å²) >= 11 is 0. The molecule has 1 aromatic rings. The number of hydrogen-bond donors (Lipinski definition) is 2. The molecule has 0 aromatic heterocycles. The molecule has 0 fully saturated rings. The lowest BCUT2D eigenvalue weighted by Crippen LogP contribution is -2.40. The van der Waals surface area contributed by atoms with E-state index in [-0.39, 0.29) is 11.8 Å². The number of nitrogens with two attached hydrogens (primary N) is 1. The van der Waals surface area contributed by atoms with Crippen LogP contribution in [-0.2, 0) is 16.0 Å². The van der Waals surface area contributed by atoms with Crippen LogP contribution in [-0.4, -0.2) is 25.7 Å². The van der Waals surface area contributed by atoms with Crippen LogP contribution < -0.4 is 11.1 Å². The molecule has 0 heterocycles. The smallest absolute Gasteiger partial charge is 0.241 e. The molecule has 4 heteroatoms. The zero-order chi connectivity index (χ0) is 14.3. The molecule has 0 saturated carbocycles. The maximum absolute atomic E-state index is 12.1. The molecule has 1 amide bonds. The fourth-order valence-electron chi connectivity index (χ4n) is 1.80. The highest BCUT2D eigenvalue weighted by atomic mass is 16.5. The van der Waals surface area contributed by atoms with Gasteiger partial charge >= 0.3 is 0 Å². The molecule has 0 radical (unpaired) electrons. The van der Waals surface area contributed by atoms with E-state index in [1.165, 1.54) is 0 Å². The first-order valence-corrected chi connectivity index (χ1v) is 6.73. The van der Waals surface area contributed by atoms with Crippen LogP contribution in [0, 0.1) is 5.92 Å². The van der Waals surface area contributed by atoms with Gasteiger partial charge in [0.15, 0.2) is 0 Å². The van der Waals surface area contributed by atoms with E-state index < -0.39 is 6.04 Å². The number of methoxy groups -OCH3 is 1. The molecule has 19 heavy (non-hydrogen) atoms. The summed E-state index contributed by atoms with van der Waals surface area (Å²) in [6.45, 7) is 4.65. The molecule has 2 atom stereocenters. The number of carbonyl (C=O) groups excluding carboxylic acids is 1. The van der Waals surface area contributed by atoms with Crippen molar-refractivity contribution < 1.29 is 9.53 Å². The van der Waals surface area contributed by atoms with Crippen LogP contribution >= 0.6 is 0 Å². The highest BCUT2D eigenvalue weighted by molar-refractivity contribution is 5.95. The highest BCUT2D eigenvalue weighted by Crippen LogP contribution is 2.17. The quantitative estimate of drug-likeness (QED) is 0.793. The second-order valence-corrected chi connectivity index (χ2v) is 4.80. The number of benzene rings is 1. The van der Waals surface area contributed by atoms with E-state index >= 15 is 0 Å². The van der Waals surface area contributed by atoms with Gasteiger partial charge in [-0.2, -0.15) is 0 Å². The lowest BCUT2D eigenvalue weighted by molar-refractivity contribution is -0.118. The van der Waals surface area contributed by atoms with E-state index in [4.69, 9.17) is 10.5 Å². The number of nitrogens with one attached hydrogen (secondary N) is 1. The Hall–Kier alpha value is -1.39. The molecule has 0 aliphatic carbocycles. The van der Waals surface area contributed by atoms with E-state index in [1.54, 1.807) is 7.11 Å². The van der Waals surface area contributed by atoms with Gasteiger partial charge in [-0.1, -0.05) is 38.5 Å². The molecule has 0 aliphatic heterocycles. The summed E-state index contributed by atoms with van der Waals surface area (Å²) in [6.07, 6.45) is 1.66. The molecule has 0 bridgehead atoms. The highest BCUT2D eigenvalue weighted by Gasteiger charge is 2.19. The second kappa shape index (κ2) is 7.92. The van der Waals surface area contributed by atoms with Crippen LogP contribution in [0.3, 0.4) is 0 Å². The van der Waals surface area contributed by atoms with Crippen LogP contribution in [0.1, 0.15) is 25.8 Å². The summed E-state index contributed by atoms with van der Waals surface area (Å²) in [6, 6.07) is 7.27. The van der Waals surface area contributed by atoms with Crippen LogP contribution in [0.2, 0.25) is 0 Å². The van der Waals surface area contributed by atoms with Crippen LogP contribution in [0.5, 0.6) is 0 Å². The normalized spacial score (nSPS) is 13.9. The number of carbonyl (C=O) groups is 1. The first-order chi connectivity index (χ1) is 9.10. The lowest BCUT2D eigenvalue weighted by atomic mass is 9.99. The monoisotopic (exact) mass is 264 g/mol. The minimum atomic E-state index is -0.472. The van der Waals surface area contributed by atoms with Gasteiger partial charge in [0.2, 0.25) is 5.91 Å². The molecule has 3 N–H and O–H groups in total. The van der Waals surface area contributed by atoms with Gasteiger partial charge in [-0.15, -0.1) is 0 Å². The zero-order valence-electron chi connectivity index (χ0n) is 12.0. The van der Waals surface area contributed by atoms with E-state index in [2.05, 4.69) is 5.32 Å². The summed E-state index contributed by atoms with van der Waals surface area (Å²) in [7, 11) is 1.67. The van der Waals surface area contributed by atoms with Crippen molar-refractivity contribution in [2.75, 3.05) is 19.0 Å². The van der Waals surface area contributed by atoms with E-state index in [1.807, 2.05) is 38.1 Å². The Balaban J connectivity index is 2.73. The number of hydrogen-bond acceptors (Lipinski definition) is 3.